The summed E-state index contributed by atoms with van der Waals surface area (Å²) < 4.78 is 0. The van der Waals surface area contributed by atoms with Crippen molar-refractivity contribution in [3.63, 3.8) is 0 Å². The van der Waals surface area contributed by atoms with Crippen LogP contribution < -0.4 is 10.6 Å². The molecule has 2 saturated heterocycles. The van der Waals surface area contributed by atoms with Gasteiger partial charge in [0.1, 0.15) is 0 Å². The van der Waals surface area contributed by atoms with Gasteiger partial charge in [-0.3, -0.25) is 4.79 Å². The molecule has 6 nitrogen and oxygen atoms in total. The van der Waals surface area contributed by atoms with Crippen LogP contribution in [0.2, 0.25) is 0 Å². The molecular weight excluding hydrogens is 312 g/mol. The van der Waals surface area contributed by atoms with Gasteiger partial charge in [0.15, 0.2) is 0 Å². The third kappa shape index (κ3) is 4.03. The third-order valence-electron chi connectivity index (χ3n) is 4.47. The van der Waals surface area contributed by atoms with Crippen molar-refractivity contribution in [2.24, 2.45) is 0 Å². The van der Waals surface area contributed by atoms with Gasteiger partial charge in [0, 0.05) is 43.6 Å². The first-order chi connectivity index (χ1) is 11.1. The topological polar surface area (TPSA) is 64.7 Å². The Hall–Kier alpha value is -1.60. The number of piperazine rings is 1. The van der Waals surface area contributed by atoms with Gasteiger partial charge < -0.3 is 20.4 Å². The van der Waals surface area contributed by atoms with E-state index in [1.807, 2.05) is 24.0 Å². The summed E-state index contributed by atoms with van der Waals surface area (Å²) in [5, 5.41) is 6.37. The minimum atomic E-state index is -0.0160. The van der Waals surface area contributed by atoms with Crippen LogP contribution in [0.3, 0.4) is 0 Å². The third-order valence-corrected chi connectivity index (χ3v) is 5.46. The molecule has 23 heavy (non-hydrogen) atoms. The molecule has 3 amide bonds. The van der Waals surface area contributed by atoms with Crippen LogP contribution in [0.4, 0.5) is 4.79 Å². The number of aryl methyl sites for hydroxylation is 1. The first-order valence-corrected chi connectivity index (χ1v) is 9.07. The number of hydrogen-bond acceptors (Lipinski definition) is 4. The second-order valence-electron chi connectivity index (χ2n) is 6.17. The number of thiophene rings is 1. The summed E-state index contributed by atoms with van der Waals surface area (Å²) >= 11 is 1.53. The predicted octanol–water partition coefficient (Wildman–Crippen LogP) is 1.28. The van der Waals surface area contributed by atoms with E-state index in [0.29, 0.717) is 38.8 Å². The van der Waals surface area contributed by atoms with E-state index in [1.165, 1.54) is 17.8 Å². The van der Waals surface area contributed by atoms with E-state index >= 15 is 0 Å². The Morgan fingerprint density at radius 2 is 2.00 bits per heavy atom. The van der Waals surface area contributed by atoms with Gasteiger partial charge in [-0.05, 0) is 38.4 Å². The lowest BCUT2D eigenvalue weighted by atomic mass is 10.2. The molecule has 7 heteroatoms. The van der Waals surface area contributed by atoms with Crippen molar-refractivity contribution >= 4 is 23.3 Å². The van der Waals surface area contributed by atoms with E-state index in [0.717, 1.165) is 22.7 Å². The molecule has 2 aliphatic heterocycles. The summed E-state index contributed by atoms with van der Waals surface area (Å²) in [4.78, 5) is 30.2. The molecule has 1 aromatic heterocycles. The number of carbonyl (C=O) groups is 2. The molecule has 3 rings (SSSR count). The monoisotopic (exact) mass is 336 g/mol. The summed E-state index contributed by atoms with van der Waals surface area (Å²) in [6.07, 6.45) is 2.31. The van der Waals surface area contributed by atoms with E-state index < -0.39 is 0 Å². The number of nitrogens with one attached hydrogen (secondary N) is 2. The van der Waals surface area contributed by atoms with Gasteiger partial charge >= 0.3 is 6.03 Å². The zero-order chi connectivity index (χ0) is 16.2. The van der Waals surface area contributed by atoms with Crippen LogP contribution in [0.5, 0.6) is 0 Å². The standard InChI is InChI=1S/C16H24N4O2S/c1-12-4-5-14(23-12)15(21)19-7-9-20(10-8-19)16(22)18-11-13-3-2-6-17-13/h4-5,13,17H,2-3,6-11H2,1H3,(H,18,22). The summed E-state index contributed by atoms with van der Waals surface area (Å²) in [6.45, 7) is 6.13. The highest BCUT2D eigenvalue weighted by Gasteiger charge is 2.26. The quantitative estimate of drug-likeness (QED) is 0.874. The molecule has 0 bridgehead atoms. The lowest BCUT2D eigenvalue weighted by molar-refractivity contribution is 0.0669. The van der Waals surface area contributed by atoms with E-state index in [-0.39, 0.29) is 11.9 Å². The Labute approximate surface area is 140 Å². The van der Waals surface area contributed by atoms with Gasteiger partial charge in [-0.25, -0.2) is 4.79 Å². The van der Waals surface area contributed by atoms with Crippen LogP contribution in [0.1, 0.15) is 27.4 Å². The van der Waals surface area contributed by atoms with E-state index in [4.69, 9.17) is 0 Å². The number of amides is 3. The Morgan fingerprint density at radius 3 is 2.61 bits per heavy atom. The second-order valence-corrected chi connectivity index (χ2v) is 7.46. The fraction of sp³-hybridized carbons (Fsp3) is 0.625. The highest BCUT2D eigenvalue weighted by molar-refractivity contribution is 7.13. The number of urea groups is 1. The molecule has 2 N–H and O–H groups in total. The largest absolute Gasteiger partial charge is 0.336 e. The van der Waals surface area contributed by atoms with Crippen LogP contribution in [-0.4, -0.2) is 67.0 Å². The maximum absolute atomic E-state index is 12.4. The Bertz CT molecular complexity index is 560. The molecule has 1 atom stereocenters. The predicted molar refractivity (Wildman–Crippen MR) is 91.0 cm³/mol. The van der Waals surface area contributed by atoms with Gasteiger partial charge in [-0.1, -0.05) is 0 Å². The fourth-order valence-electron chi connectivity index (χ4n) is 3.07. The highest BCUT2D eigenvalue weighted by atomic mass is 32.1. The fourth-order valence-corrected chi connectivity index (χ4v) is 3.91. The van der Waals surface area contributed by atoms with Crippen molar-refractivity contribution in [2.75, 3.05) is 39.3 Å². The average Bonchev–Trinajstić information content (AvgIpc) is 3.23. The normalized spacial score (nSPS) is 21.5. The van der Waals surface area contributed by atoms with Gasteiger partial charge in [0.05, 0.1) is 4.88 Å². The molecule has 1 unspecified atom stereocenters. The molecule has 0 saturated carbocycles. The molecule has 3 heterocycles. The molecule has 0 aliphatic carbocycles. The van der Waals surface area contributed by atoms with E-state index in [2.05, 4.69) is 10.6 Å². The van der Waals surface area contributed by atoms with Gasteiger partial charge in [0.25, 0.3) is 5.91 Å². The lowest BCUT2D eigenvalue weighted by Gasteiger charge is -2.34. The molecular formula is C16H24N4O2S. The first-order valence-electron chi connectivity index (χ1n) is 8.25. The summed E-state index contributed by atoms with van der Waals surface area (Å²) in [5.74, 6) is 0.0818. The number of hydrogen-bond donors (Lipinski definition) is 2. The Kier molecular flexibility index (Phi) is 5.17. The van der Waals surface area contributed by atoms with Crippen molar-refractivity contribution in [3.05, 3.63) is 21.9 Å². The van der Waals surface area contributed by atoms with E-state index in [9.17, 15) is 9.59 Å². The zero-order valence-corrected chi connectivity index (χ0v) is 14.3. The Morgan fingerprint density at radius 1 is 1.26 bits per heavy atom. The Balaban J connectivity index is 1.44. The van der Waals surface area contributed by atoms with Gasteiger partial charge in [-0.2, -0.15) is 0 Å². The molecule has 1 aromatic rings. The van der Waals surface area contributed by atoms with Crippen molar-refractivity contribution < 1.29 is 9.59 Å². The molecule has 0 radical (unpaired) electrons. The van der Waals surface area contributed by atoms with Gasteiger partial charge in [-0.15, -0.1) is 11.3 Å². The average molecular weight is 336 g/mol. The molecule has 2 fully saturated rings. The van der Waals surface area contributed by atoms with Crippen molar-refractivity contribution in [1.82, 2.24) is 20.4 Å². The van der Waals surface area contributed by atoms with Crippen LogP contribution >= 0.6 is 11.3 Å². The SMILES string of the molecule is Cc1ccc(C(=O)N2CCN(C(=O)NCC3CCCN3)CC2)s1. The van der Waals surface area contributed by atoms with Crippen molar-refractivity contribution in [2.45, 2.75) is 25.8 Å². The van der Waals surface area contributed by atoms with Crippen LogP contribution in [-0.2, 0) is 0 Å². The number of rotatable bonds is 3. The molecule has 0 spiro atoms. The minimum Gasteiger partial charge on any atom is -0.336 e. The van der Waals surface area contributed by atoms with Crippen molar-refractivity contribution in [3.8, 4) is 0 Å². The summed E-state index contributed by atoms with van der Waals surface area (Å²) in [5.41, 5.74) is 0. The molecule has 0 aromatic carbocycles. The smallest absolute Gasteiger partial charge is 0.317 e. The molecule has 126 valence electrons. The molecule has 2 aliphatic rings. The van der Waals surface area contributed by atoms with Crippen LogP contribution in [0.15, 0.2) is 12.1 Å². The van der Waals surface area contributed by atoms with Gasteiger partial charge in [0.2, 0.25) is 0 Å². The summed E-state index contributed by atoms with van der Waals surface area (Å²) in [6, 6.07) is 4.25. The lowest BCUT2D eigenvalue weighted by Crippen LogP contribution is -2.54. The second kappa shape index (κ2) is 7.31. The first kappa shape index (κ1) is 16.3. The highest BCUT2D eigenvalue weighted by Crippen LogP contribution is 2.18. The number of carbonyl (C=O) groups excluding carboxylic acids is 2. The van der Waals surface area contributed by atoms with Crippen molar-refractivity contribution in [1.29, 1.82) is 0 Å². The summed E-state index contributed by atoms with van der Waals surface area (Å²) in [7, 11) is 0. The van der Waals surface area contributed by atoms with Crippen LogP contribution in [0, 0.1) is 6.92 Å². The number of nitrogens with zero attached hydrogens (tertiary/aromatic N) is 2. The maximum atomic E-state index is 12.4. The minimum absolute atomic E-state index is 0.0160. The zero-order valence-electron chi connectivity index (χ0n) is 13.5. The maximum Gasteiger partial charge on any atom is 0.317 e. The van der Waals surface area contributed by atoms with E-state index in [1.54, 1.807) is 4.90 Å². The van der Waals surface area contributed by atoms with Crippen LogP contribution in [0.25, 0.3) is 0 Å².